The Morgan fingerprint density at radius 2 is 2.00 bits per heavy atom. The predicted molar refractivity (Wildman–Crippen MR) is 94.7 cm³/mol. The van der Waals surface area contributed by atoms with E-state index in [0.29, 0.717) is 13.1 Å². The van der Waals surface area contributed by atoms with Crippen LogP contribution in [0.3, 0.4) is 0 Å². The quantitative estimate of drug-likeness (QED) is 0.875. The average molecular weight is 351 g/mol. The molecule has 1 heterocycles. The highest BCUT2D eigenvalue weighted by Crippen LogP contribution is 2.27. The first-order valence-corrected chi connectivity index (χ1v) is 10.4. The fraction of sp³-hybridized carbons (Fsp3) is 0.588. The number of aryl methyl sites for hydroxylation is 1. The normalized spacial score (nSPS) is 21.8. The molecule has 2 amide bonds. The highest BCUT2D eigenvalue weighted by atomic mass is 32.2. The number of piperidine rings is 1. The van der Waals surface area contributed by atoms with Crippen LogP contribution in [0.4, 0.5) is 10.5 Å². The topological polar surface area (TPSA) is 78.5 Å². The van der Waals surface area contributed by atoms with Crippen LogP contribution in [0, 0.1) is 0 Å². The van der Waals surface area contributed by atoms with Crippen molar-refractivity contribution in [3.63, 3.8) is 0 Å². The van der Waals surface area contributed by atoms with Crippen molar-refractivity contribution >= 4 is 21.7 Å². The smallest absolute Gasteiger partial charge is 0.319 e. The van der Waals surface area contributed by atoms with Crippen molar-refractivity contribution in [1.29, 1.82) is 0 Å². The third-order valence-electron chi connectivity index (χ3n) is 4.83. The third-order valence-corrected chi connectivity index (χ3v) is 6.10. The van der Waals surface area contributed by atoms with E-state index in [9.17, 15) is 13.2 Å². The molecule has 0 aromatic heterocycles. The Bertz CT molecular complexity index is 718. The van der Waals surface area contributed by atoms with E-state index in [1.807, 2.05) is 12.1 Å². The number of benzene rings is 1. The van der Waals surface area contributed by atoms with Gasteiger partial charge in [-0.25, -0.2) is 17.5 Å². The second kappa shape index (κ2) is 7.11. The van der Waals surface area contributed by atoms with E-state index in [-0.39, 0.29) is 12.1 Å². The summed E-state index contributed by atoms with van der Waals surface area (Å²) in [6, 6.07) is 5.64. The largest absolute Gasteiger partial charge is 0.334 e. The first-order valence-electron chi connectivity index (χ1n) is 8.57. The number of hydrogen-bond acceptors (Lipinski definition) is 3. The predicted octanol–water partition coefficient (Wildman–Crippen LogP) is 2.11. The number of anilines is 1. The van der Waals surface area contributed by atoms with Gasteiger partial charge in [-0.05, 0) is 55.7 Å². The van der Waals surface area contributed by atoms with Crippen LogP contribution in [0.5, 0.6) is 0 Å². The molecule has 6 nitrogen and oxygen atoms in total. The first kappa shape index (κ1) is 17.2. The highest BCUT2D eigenvalue weighted by Gasteiger charge is 2.27. The maximum absolute atomic E-state index is 12.3. The lowest BCUT2D eigenvalue weighted by Gasteiger charge is -2.31. The van der Waals surface area contributed by atoms with Gasteiger partial charge in [-0.15, -0.1) is 0 Å². The molecular weight excluding hydrogens is 326 g/mol. The van der Waals surface area contributed by atoms with E-state index >= 15 is 0 Å². The summed E-state index contributed by atoms with van der Waals surface area (Å²) < 4.78 is 24.8. The molecule has 2 aliphatic rings. The number of nitrogens with zero attached hydrogens (tertiary/aromatic N) is 1. The molecule has 132 valence electrons. The van der Waals surface area contributed by atoms with Crippen LogP contribution < -0.4 is 10.6 Å². The van der Waals surface area contributed by atoms with Gasteiger partial charge in [0.1, 0.15) is 0 Å². The molecule has 1 aliphatic heterocycles. The summed E-state index contributed by atoms with van der Waals surface area (Å²) in [5.74, 6) is 0. The van der Waals surface area contributed by atoms with Crippen LogP contribution in [0.15, 0.2) is 18.2 Å². The minimum Gasteiger partial charge on any atom is -0.334 e. The molecule has 2 N–H and O–H groups in total. The van der Waals surface area contributed by atoms with Crippen LogP contribution >= 0.6 is 0 Å². The van der Waals surface area contributed by atoms with Crippen molar-refractivity contribution in [2.45, 2.75) is 44.6 Å². The van der Waals surface area contributed by atoms with E-state index < -0.39 is 10.0 Å². The summed E-state index contributed by atoms with van der Waals surface area (Å²) in [4.78, 5) is 12.3. The van der Waals surface area contributed by atoms with Gasteiger partial charge in [-0.3, -0.25) is 0 Å². The molecule has 1 unspecified atom stereocenters. The van der Waals surface area contributed by atoms with Crippen molar-refractivity contribution in [3.05, 3.63) is 29.3 Å². The Hall–Kier alpha value is -1.60. The van der Waals surface area contributed by atoms with Gasteiger partial charge in [0.2, 0.25) is 10.0 Å². The Morgan fingerprint density at radius 3 is 2.79 bits per heavy atom. The minimum atomic E-state index is -3.20. The summed E-state index contributed by atoms with van der Waals surface area (Å²) >= 11 is 0. The fourth-order valence-electron chi connectivity index (χ4n) is 3.60. The number of carbonyl (C=O) groups is 1. The Balaban J connectivity index is 1.62. The maximum atomic E-state index is 12.3. The fourth-order valence-corrected chi connectivity index (χ4v) is 4.52. The zero-order valence-electron chi connectivity index (χ0n) is 14.0. The number of carbonyl (C=O) groups excluding carboxylic acids is 1. The second-order valence-electron chi connectivity index (χ2n) is 6.71. The van der Waals surface area contributed by atoms with Gasteiger partial charge in [0.25, 0.3) is 0 Å². The van der Waals surface area contributed by atoms with E-state index in [1.54, 1.807) is 0 Å². The lowest BCUT2D eigenvalue weighted by molar-refractivity contribution is 0.236. The van der Waals surface area contributed by atoms with Crippen molar-refractivity contribution in [2.75, 3.05) is 24.7 Å². The van der Waals surface area contributed by atoms with E-state index in [0.717, 1.165) is 37.8 Å². The van der Waals surface area contributed by atoms with Crippen LogP contribution in [-0.2, 0) is 22.9 Å². The Kier molecular flexibility index (Phi) is 5.10. The van der Waals surface area contributed by atoms with Crippen LogP contribution in [-0.4, -0.2) is 44.1 Å². The van der Waals surface area contributed by atoms with Crippen molar-refractivity contribution in [1.82, 2.24) is 9.62 Å². The average Bonchev–Trinajstić information content (AvgIpc) is 2.54. The van der Waals surface area contributed by atoms with E-state index in [4.69, 9.17) is 0 Å². The van der Waals surface area contributed by atoms with Gasteiger partial charge in [0.15, 0.2) is 0 Å². The Labute approximate surface area is 143 Å². The molecule has 0 saturated carbocycles. The zero-order chi connectivity index (χ0) is 17.2. The lowest BCUT2D eigenvalue weighted by atomic mass is 9.90. The van der Waals surface area contributed by atoms with Gasteiger partial charge in [-0.1, -0.05) is 12.1 Å². The summed E-state index contributed by atoms with van der Waals surface area (Å²) in [5.41, 5.74) is 3.43. The van der Waals surface area contributed by atoms with Gasteiger partial charge < -0.3 is 10.6 Å². The number of rotatable bonds is 3. The molecule has 1 saturated heterocycles. The standard InChI is InChI=1S/C17H25N3O3S/c1-24(22,23)20-11-5-8-14(12-20)18-17(21)19-16-10-4-7-13-6-2-3-9-15(13)16/h4,7,10,14H,2-3,5-6,8-9,11-12H2,1H3,(H2,18,19,21). The van der Waals surface area contributed by atoms with Crippen LogP contribution in [0.2, 0.25) is 0 Å². The van der Waals surface area contributed by atoms with Gasteiger partial charge in [0.05, 0.1) is 6.26 Å². The minimum absolute atomic E-state index is 0.145. The van der Waals surface area contributed by atoms with E-state index in [1.165, 1.54) is 28.1 Å². The maximum Gasteiger partial charge on any atom is 0.319 e. The SMILES string of the molecule is CS(=O)(=O)N1CCCC(NC(=O)Nc2cccc3c2CCCC3)C1. The van der Waals surface area contributed by atoms with Crippen LogP contribution in [0.1, 0.15) is 36.8 Å². The van der Waals surface area contributed by atoms with Gasteiger partial charge >= 0.3 is 6.03 Å². The molecule has 7 heteroatoms. The molecule has 0 bridgehead atoms. The molecular formula is C17H25N3O3S. The molecule has 1 aromatic carbocycles. The second-order valence-corrected chi connectivity index (χ2v) is 8.69. The van der Waals surface area contributed by atoms with E-state index in [2.05, 4.69) is 16.7 Å². The molecule has 0 radical (unpaired) electrons. The number of nitrogens with one attached hydrogen (secondary N) is 2. The molecule has 3 rings (SSSR count). The first-order chi connectivity index (χ1) is 11.4. The molecule has 1 aliphatic carbocycles. The Morgan fingerprint density at radius 1 is 1.21 bits per heavy atom. The van der Waals surface area contributed by atoms with Gasteiger partial charge in [-0.2, -0.15) is 0 Å². The monoisotopic (exact) mass is 351 g/mol. The third kappa shape index (κ3) is 4.08. The summed E-state index contributed by atoms with van der Waals surface area (Å²) in [6.45, 7) is 0.879. The summed E-state index contributed by atoms with van der Waals surface area (Å²) in [7, 11) is -3.20. The molecule has 1 aromatic rings. The number of urea groups is 1. The number of hydrogen-bond donors (Lipinski definition) is 2. The number of sulfonamides is 1. The van der Waals surface area contributed by atoms with Crippen molar-refractivity contribution in [3.8, 4) is 0 Å². The van der Waals surface area contributed by atoms with Crippen LogP contribution in [0.25, 0.3) is 0 Å². The number of fused-ring (bicyclic) bond motifs is 1. The van der Waals surface area contributed by atoms with Gasteiger partial charge in [0, 0.05) is 24.8 Å². The zero-order valence-corrected chi connectivity index (χ0v) is 14.9. The lowest BCUT2D eigenvalue weighted by Crippen LogP contribution is -2.50. The molecule has 24 heavy (non-hydrogen) atoms. The molecule has 1 atom stereocenters. The molecule has 1 fully saturated rings. The number of amides is 2. The molecule has 0 spiro atoms. The highest BCUT2D eigenvalue weighted by molar-refractivity contribution is 7.88. The van der Waals surface area contributed by atoms with Crippen molar-refractivity contribution < 1.29 is 13.2 Å². The summed E-state index contributed by atoms with van der Waals surface area (Å²) in [6.07, 6.45) is 7.19. The van der Waals surface area contributed by atoms with Crippen molar-refractivity contribution in [2.24, 2.45) is 0 Å². The summed E-state index contributed by atoms with van der Waals surface area (Å²) in [5, 5.41) is 5.87.